The minimum atomic E-state index is -0.00347. The molecule has 1 aromatic rings. The highest BCUT2D eigenvalue weighted by Crippen LogP contribution is 2.21. The monoisotopic (exact) mass is 290 g/mol. The topological polar surface area (TPSA) is 41.1 Å². The Morgan fingerprint density at radius 3 is 2.73 bits per heavy atom. The number of carbonyl (C=O) groups is 1. The molecule has 5 heteroatoms. The normalized spacial score (nSPS) is 10.7. The highest BCUT2D eigenvalue weighted by Gasteiger charge is 2.06. The number of nitrogens with one attached hydrogen (secondary N) is 2. The molecule has 1 amide bonds. The lowest BCUT2D eigenvalue weighted by Gasteiger charge is -2.08. The van der Waals surface area contributed by atoms with Crippen LogP contribution in [0.4, 0.5) is 0 Å². The smallest absolute Gasteiger partial charge is 0.261 e. The standard InChI is InChI=1S/C10H15BrN2OS/c1-7(2)12-5-6-13-10(14)8-3-4-9(11)15-8/h3-4,7,12H,5-6H2,1-2H3,(H,13,14). The zero-order valence-electron chi connectivity index (χ0n) is 8.84. The Morgan fingerprint density at radius 2 is 2.20 bits per heavy atom. The number of halogens is 1. The van der Waals surface area contributed by atoms with Crippen molar-refractivity contribution in [2.24, 2.45) is 0 Å². The summed E-state index contributed by atoms with van der Waals surface area (Å²) >= 11 is 4.77. The van der Waals surface area contributed by atoms with Crippen LogP contribution in [0.25, 0.3) is 0 Å². The van der Waals surface area contributed by atoms with E-state index < -0.39 is 0 Å². The van der Waals surface area contributed by atoms with Gasteiger partial charge in [-0.2, -0.15) is 0 Å². The lowest BCUT2D eigenvalue weighted by atomic mass is 10.4. The van der Waals surface area contributed by atoms with Crippen LogP contribution in [0, 0.1) is 0 Å². The molecule has 0 unspecified atom stereocenters. The summed E-state index contributed by atoms with van der Waals surface area (Å²) in [6.45, 7) is 5.62. The molecule has 3 nitrogen and oxygen atoms in total. The van der Waals surface area contributed by atoms with Crippen LogP contribution in [-0.2, 0) is 0 Å². The zero-order chi connectivity index (χ0) is 11.3. The van der Waals surface area contributed by atoms with E-state index >= 15 is 0 Å². The van der Waals surface area contributed by atoms with Crippen molar-refractivity contribution in [1.82, 2.24) is 10.6 Å². The molecule has 1 rings (SSSR count). The number of hydrogen-bond acceptors (Lipinski definition) is 3. The minimum absolute atomic E-state index is 0.00347. The molecule has 0 atom stereocenters. The van der Waals surface area contributed by atoms with E-state index in [0.29, 0.717) is 12.6 Å². The molecule has 0 aliphatic heterocycles. The van der Waals surface area contributed by atoms with Crippen molar-refractivity contribution < 1.29 is 4.79 Å². The molecule has 15 heavy (non-hydrogen) atoms. The first-order valence-corrected chi connectivity index (χ1v) is 6.47. The number of carbonyl (C=O) groups excluding carboxylic acids is 1. The van der Waals surface area contributed by atoms with Gasteiger partial charge in [0.1, 0.15) is 0 Å². The molecule has 0 spiro atoms. The summed E-state index contributed by atoms with van der Waals surface area (Å²) in [4.78, 5) is 12.3. The van der Waals surface area contributed by atoms with Crippen molar-refractivity contribution in [2.45, 2.75) is 19.9 Å². The Kier molecular flexibility index (Phi) is 5.28. The molecule has 0 saturated carbocycles. The van der Waals surface area contributed by atoms with Crippen LogP contribution in [0.15, 0.2) is 15.9 Å². The van der Waals surface area contributed by atoms with Gasteiger partial charge in [0.25, 0.3) is 5.91 Å². The van der Waals surface area contributed by atoms with Crippen molar-refractivity contribution in [3.63, 3.8) is 0 Å². The third-order valence-electron chi connectivity index (χ3n) is 1.76. The molecule has 84 valence electrons. The molecule has 0 radical (unpaired) electrons. The maximum Gasteiger partial charge on any atom is 0.261 e. The summed E-state index contributed by atoms with van der Waals surface area (Å²) in [7, 11) is 0. The Labute approximate surface area is 102 Å². The van der Waals surface area contributed by atoms with Gasteiger partial charge in [-0.15, -0.1) is 11.3 Å². The van der Waals surface area contributed by atoms with Crippen molar-refractivity contribution in [3.05, 3.63) is 20.8 Å². The molecule has 0 aromatic carbocycles. The number of rotatable bonds is 5. The fourth-order valence-corrected chi connectivity index (χ4v) is 2.36. The van der Waals surface area contributed by atoms with Crippen LogP contribution in [-0.4, -0.2) is 25.0 Å². The van der Waals surface area contributed by atoms with Crippen LogP contribution in [0.3, 0.4) is 0 Å². The molecule has 0 aliphatic carbocycles. The summed E-state index contributed by atoms with van der Waals surface area (Å²) < 4.78 is 0.980. The van der Waals surface area contributed by atoms with Gasteiger partial charge in [-0.1, -0.05) is 13.8 Å². The fraction of sp³-hybridized carbons (Fsp3) is 0.500. The van der Waals surface area contributed by atoms with Crippen LogP contribution in [0.2, 0.25) is 0 Å². The van der Waals surface area contributed by atoms with Crippen LogP contribution in [0.1, 0.15) is 23.5 Å². The van der Waals surface area contributed by atoms with Crippen molar-refractivity contribution in [2.75, 3.05) is 13.1 Å². The summed E-state index contributed by atoms with van der Waals surface area (Å²) in [5.74, 6) is -0.00347. The molecular formula is C10H15BrN2OS. The van der Waals surface area contributed by atoms with Gasteiger partial charge in [-0.25, -0.2) is 0 Å². The van der Waals surface area contributed by atoms with Gasteiger partial charge < -0.3 is 10.6 Å². The van der Waals surface area contributed by atoms with Gasteiger partial charge in [-0.05, 0) is 28.1 Å². The summed E-state index contributed by atoms with van der Waals surface area (Å²) in [6, 6.07) is 4.16. The van der Waals surface area contributed by atoms with Gasteiger partial charge in [0, 0.05) is 19.1 Å². The average molecular weight is 291 g/mol. The van der Waals surface area contributed by atoms with E-state index in [2.05, 4.69) is 40.4 Å². The lowest BCUT2D eigenvalue weighted by Crippen LogP contribution is -2.34. The number of amides is 1. The second kappa shape index (κ2) is 6.25. The number of thiophene rings is 1. The first-order valence-electron chi connectivity index (χ1n) is 4.86. The average Bonchev–Trinajstić information content (AvgIpc) is 2.59. The largest absolute Gasteiger partial charge is 0.350 e. The summed E-state index contributed by atoms with van der Waals surface area (Å²) in [5, 5.41) is 6.09. The molecular weight excluding hydrogens is 276 g/mol. The van der Waals surface area contributed by atoms with E-state index in [1.165, 1.54) is 11.3 Å². The first kappa shape index (κ1) is 12.7. The van der Waals surface area contributed by atoms with Crippen LogP contribution in [0.5, 0.6) is 0 Å². The molecule has 2 N–H and O–H groups in total. The third kappa shape index (κ3) is 4.77. The van der Waals surface area contributed by atoms with Crippen molar-refractivity contribution in [3.8, 4) is 0 Å². The van der Waals surface area contributed by atoms with E-state index in [1.807, 2.05) is 12.1 Å². The fourth-order valence-electron chi connectivity index (χ4n) is 1.06. The minimum Gasteiger partial charge on any atom is -0.350 e. The SMILES string of the molecule is CC(C)NCCNC(=O)c1ccc(Br)s1. The van der Waals surface area contributed by atoms with Gasteiger partial charge >= 0.3 is 0 Å². The summed E-state index contributed by atoms with van der Waals surface area (Å²) in [6.07, 6.45) is 0. The van der Waals surface area contributed by atoms with Gasteiger partial charge in [0.05, 0.1) is 8.66 Å². The Hall–Kier alpha value is -0.390. The predicted octanol–water partition coefficient (Wildman–Crippen LogP) is 2.24. The second-order valence-electron chi connectivity index (χ2n) is 3.47. The molecule has 1 aromatic heterocycles. The van der Waals surface area contributed by atoms with E-state index in [4.69, 9.17) is 0 Å². The Balaban J connectivity index is 2.25. The van der Waals surface area contributed by atoms with E-state index in [1.54, 1.807) is 0 Å². The van der Waals surface area contributed by atoms with E-state index in [0.717, 1.165) is 15.2 Å². The van der Waals surface area contributed by atoms with E-state index in [-0.39, 0.29) is 5.91 Å². The number of hydrogen-bond donors (Lipinski definition) is 2. The third-order valence-corrected chi connectivity index (χ3v) is 3.38. The van der Waals surface area contributed by atoms with Crippen LogP contribution < -0.4 is 10.6 Å². The molecule has 0 aliphatic rings. The first-order chi connectivity index (χ1) is 7.09. The predicted molar refractivity (Wildman–Crippen MR) is 67.5 cm³/mol. The van der Waals surface area contributed by atoms with Crippen molar-refractivity contribution >= 4 is 33.2 Å². The maximum absolute atomic E-state index is 11.6. The molecule has 0 saturated heterocycles. The van der Waals surface area contributed by atoms with Crippen LogP contribution >= 0.6 is 27.3 Å². The van der Waals surface area contributed by atoms with E-state index in [9.17, 15) is 4.79 Å². The lowest BCUT2D eigenvalue weighted by molar-refractivity contribution is 0.0957. The molecule has 1 heterocycles. The maximum atomic E-state index is 11.6. The molecule has 0 bridgehead atoms. The zero-order valence-corrected chi connectivity index (χ0v) is 11.2. The quantitative estimate of drug-likeness (QED) is 0.817. The second-order valence-corrected chi connectivity index (χ2v) is 5.93. The Bertz CT molecular complexity index is 325. The summed E-state index contributed by atoms with van der Waals surface area (Å²) in [5.41, 5.74) is 0. The Morgan fingerprint density at radius 1 is 1.47 bits per heavy atom. The molecule has 0 fully saturated rings. The van der Waals surface area contributed by atoms with Gasteiger partial charge in [0.15, 0.2) is 0 Å². The van der Waals surface area contributed by atoms with Gasteiger partial charge in [-0.3, -0.25) is 4.79 Å². The van der Waals surface area contributed by atoms with Crippen molar-refractivity contribution in [1.29, 1.82) is 0 Å². The highest BCUT2D eigenvalue weighted by molar-refractivity contribution is 9.11. The highest BCUT2D eigenvalue weighted by atomic mass is 79.9. The van der Waals surface area contributed by atoms with Gasteiger partial charge in [0.2, 0.25) is 0 Å².